The Morgan fingerprint density at radius 1 is 1.11 bits per heavy atom. The largest absolute Gasteiger partial charge is 0.363 e. The fraction of sp³-hybridized carbons (Fsp3) is 0.421. The summed E-state index contributed by atoms with van der Waals surface area (Å²) in [6.45, 7) is 4.19. The molecule has 1 aromatic carbocycles. The molecule has 0 saturated carbocycles. The predicted molar refractivity (Wildman–Crippen MR) is 100.0 cm³/mol. The minimum Gasteiger partial charge on any atom is -0.363 e. The highest BCUT2D eigenvalue weighted by Crippen LogP contribution is 2.20. The van der Waals surface area contributed by atoms with Gasteiger partial charge in [-0.15, -0.1) is 0 Å². The van der Waals surface area contributed by atoms with E-state index in [0.29, 0.717) is 32.0 Å². The van der Waals surface area contributed by atoms with E-state index in [1.54, 1.807) is 4.90 Å². The van der Waals surface area contributed by atoms with Crippen molar-refractivity contribution in [1.29, 1.82) is 0 Å². The molecule has 1 fully saturated rings. The summed E-state index contributed by atoms with van der Waals surface area (Å²) in [5, 5.41) is 0. The van der Waals surface area contributed by atoms with Gasteiger partial charge >= 0.3 is 0 Å². The Morgan fingerprint density at radius 3 is 2.44 bits per heavy atom. The molecule has 2 aromatic rings. The van der Waals surface area contributed by atoms with Crippen LogP contribution in [0, 0.1) is 18.6 Å². The number of aryl methyl sites for hydroxylation is 1. The number of carbonyl (C=O) groups is 1. The fourth-order valence-electron chi connectivity index (χ4n) is 3.05. The third-order valence-corrected chi connectivity index (χ3v) is 4.58. The number of benzene rings is 1. The Balaban J connectivity index is 1.62. The average molecular weight is 375 g/mol. The van der Waals surface area contributed by atoms with Crippen molar-refractivity contribution in [3.05, 3.63) is 47.3 Å². The SMILES string of the molecule is Cc1nc(N(C)C)cc(N2CCN(C(=O)Cc3ccc(F)cc3F)CC2)n1. The molecule has 0 spiro atoms. The highest BCUT2D eigenvalue weighted by atomic mass is 19.1. The first-order valence-electron chi connectivity index (χ1n) is 8.83. The van der Waals surface area contributed by atoms with Crippen molar-refractivity contribution in [3.63, 3.8) is 0 Å². The predicted octanol–water partition coefficient (Wildman–Crippen LogP) is 2.02. The first-order chi connectivity index (χ1) is 12.8. The summed E-state index contributed by atoms with van der Waals surface area (Å²) < 4.78 is 26.8. The number of rotatable bonds is 4. The van der Waals surface area contributed by atoms with Crippen molar-refractivity contribution in [2.45, 2.75) is 13.3 Å². The van der Waals surface area contributed by atoms with Crippen molar-refractivity contribution in [2.75, 3.05) is 50.1 Å². The second-order valence-electron chi connectivity index (χ2n) is 6.81. The lowest BCUT2D eigenvalue weighted by atomic mass is 10.1. The van der Waals surface area contributed by atoms with E-state index in [2.05, 4.69) is 14.9 Å². The maximum Gasteiger partial charge on any atom is 0.227 e. The summed E-state index contributed by atoms with van der Waals surface area (Å²) in [4.78, 5) is 27.1. The highest BCUT2D eigenvalue weighted by molar-refractivity contribution is 5.79. The van der Waals surface area contributed by atoms with Gasteiger partial charge < -0.3 is 14.7 Å². The lowest BCUT2D eigenvalue weighted by molar-refractivity contribution is -0.130. The highest BCUT2D eigenvalue weighted by Gasteiger charge is 2.23. The summed E-state index contributed by atoms with van der Waals surface area (Å²) in [6.07, 6.45) is -0.0660. The first-order valence-corrected chi connectivity index (χ1v) is 8.83. The van der Waals surface area contributed by atoms with E-state index in [9.17, 15) is 13.6 Å². The lowest BCUT2D eigenvalue weighted by Gasteiger charge is -2.35. The Hall–Kier alpha value is -2.77. The summed E-state index contributed by atoms with van der Waals surface area (Å²) >= 11 is 0. The molecule has 0 radical (unpaired) electrons. The topological polar surface area (TPSA) is 52.6 Å². The van der Waals surface area contributed by atoms with Crippen molar-refractivity contribution < 1.29 is 13.6 Å². The Bertz CT molecular complexity index is 835. The number of hydrogen-bond acceptors (Lipinski definition) is 5. The quantitative estimate of drug-likeness (QED) is 0.818. The number of aromatic nitrogens is 2. The molecule has 8 heteroatoms. The third-order valence-electron chi connectivity index (χ3n) is 4.58. The molecule has 144 valence electrons. The van der Waals surface area contributed by atoms with Crippen molar-refractivity contribution >= 4 is 17.5 Å². The molecule has 27 heavy (non-hydrogen) atoms. The van der Waals surface area contributed by atoms with E-state index in [4.69, 9.17) is 0 Å². The van der Waals surface area contributed by atoms with Crippen LogP contribution in [0.1, 0.15) is 11.4 Å². The number of carbonyl (C=O) groups excluding carboxylic acids is 1. The van der Waals surface area contributed by atoms with Gasteiger partial charge in [0.05, 0.1) is 6.42 Å². The maximum absolute atomic E-state index is 13.8. The number of nitrogens with zero attached hydrogens (tertiary/aromatic N) is 5. The number of anilines is 2. The Labute approximate surface area is 157 Å². The molecule has 0 atom stereocenters. The van der Waals surface area contributed by atoms with Gasteiger partial charge in [-0.3, -0.25) is 4.79 Å². The number of amides is 1. The van der Waals surface area contributed by atoms with Crippen LogP contribution in [0.25, 0.3) is 0 Å². The molecule has 1 aromatic heterocycles. The molecule has 3 rings (SSSR count). The zero-order valence-electron chi connectivity index (χ0n) is 15.7. The van der Waals surface area contributed by atoms with Crippen LogP contribution >= 0.6 is 0 Å². The average Bonchev–Trinajstić information content (AvgIpc) is 2.63. The second-order valence-corrected chi connectivity index (χ2v) is 6.81. The van der Waals surface area contributed by atoms with Gasteiger partial charge in [-0.2, -0.15) is 0 Å². The molecule has 1 amide bonds. The van der Waals surface area contributed by atoms with Crippen LogP contribution in [-0.4, -0.2) is 61.0 Å². The van der Waals surface area contributed by atoms with Crippen LogP contribution in [0.5, 0.6) is 0 Å². The van der Waals surface area contributed by atoms with Crippen LogP contribution < -0.4 is 9.80 Å². The van der Waals surface area contributed by atoms with Crippen LogP contribution in [0.3, 0.4) is 0 Å². The molecule has 1 saturated heterocycles. The molecular formula is C19H23F2N5O. The van der Waals surface area contributed by atoms with Gasteiger partial charge in [-0.1, -0.05) is 6.07 Å². The van der Waals surface area contributed by atoms with Gasteiger partial charge in [0.15, 0.2) is 0 Å². The van der Waals surface area contributed by atoms with Gasteiger partial charge in [0.25, 0.3) is 0 Å². The van der Waals surface area contributed by atoms with Gasteiger partial charge in [0, 0.05) is 52.4 Å². The van der Waals surface area contributed by atoms with Crippen LogP contribution in [0.15, 0.2) is 24.3 Å². The zero-order valence-corrected chi connectivity index (χ0v) is 15.7. The first kappa shape index (κ1) is 19.0. The van der Waals surface area contributed by atoms with Gasteiger partial charge in [0.1, 0.15) is 29.1 Å². The summed E-state index contributed by atoms with van der Waals surface area (Å²) in [6, 6.07) is 5.23. The summed E-state index contributed by atoms with van der Waals surface area (Å²) in [7, 11) is 3.85. The number of halogens is 2. The van der Waals surface area contributed by atoms with Gasteiger partial charge in [0.2, 0.25) is 5.91 Å². The monoisotopic (exact) mass is 375 g/mol. The standard InChI is InChI=1S/C19H23F2N5O/c1-13-22-17(24(2)3)12-18(23-13)25-6-8-26(9-7-25)19(27)10-14-4-5-15(20)11-16(14)21/h4-5,11-12H,6-10H2,1-3H3. The zero-order chi connectivity index (χ0) is 19.6. The fourth-order valence-corrected chi connectivity index (χ4v) is 3.05. The van der Waals surface area contributed by atoms with Crippen LogP contribution in [0.2, 0.25) is 0 Å². The number of piperazine rings is 1. The summed E-state index contributed by atoms with van der Waals surface area (Å²) in [5.74, 6) is 0.879. The van der Waals surface area contributed by atoms with Crippen molar-refractivity contribution in [1.82, 2.24) is 14.9 Å². The van der Waals surface area contributed by atoms with E-state index >= 15 is 0 Å². The maximum atomic E-state index is 13.8. The van der Waals surface area contributed by atoms with Gasteiger partial charge in [-0.05, 0) is 18.6 Å². The van der Waals surface area contributed by atoms with E-state index in [1.165, 1.54) is 12.1 Å². The summed E-state index contributed by atoms with van der Waals surface area (Å²) in [5.41, 5.74) is 0.214. The van der Waals surface area contributed by atoms with E-state index < -0.39 is 11.6 Å². The minimum atomic E-state index is -0.685. The minimum absolute atomic E-state index is 0.0660. The van der Waals surface area contributed by atoms with E-state index in [-0.39, 0.29) is 17.9 Å². The lowest BCUT2D eigenvalue weighted by Crippen LogP contribution is -2.49. The van der Waals surface area contributed by atoms with Crippen molar-refractivity contribution in [3.8, 4) is 0 Å². The normalized spacial score (nSPS) is 14.4. The van der Waals surface area contributed by atoms with Crippen LogP contribution in [0.4, 0.5) is 20.4 Å². The van der Waals surface area contributed by atoms with Gasteiger partial charge in [-0.25, -0.2) is 18.7 Å². The molecule has 6 nitrogen and oxygen atoms in total. The molecule has 2 heterocycles. The molecular weight excluding hydrogens is 352 g/mol. The molecule has 0 N–H and O–H groups in total. The van der Waals surface area contributed by atoms with Crippen LogP contribution in [-0.2, 0) is 11.2 Å². The smallest absolute Gasteiger partial charge is 0.227 e. The molecule has 0 unspecified atom stereocenters. The van der Waals surface area contributed by atoms with E-state index in [1.807, 2.05) is 32.0 Å². The molecule has 0 bridgehead atoms. The second kappa shape index (κ2) is 7.85. The number of hydrogen-bond donors (Lipinski definition) is 0. The van der Waals surface area contributed by atoms with E-state index in [0.717, 1.165) is 17.7 Å². The Morgan fingerprint density at radius 2 is 1.81 bits per heavy atom. The molecule has 1 aliphatic heterocycles. The Kier molecular flexibility index (Phi) is 5.53. The third kappa shape index (κ3) is 4.50. The van der Waals surface area contributed by atoms with Crippen molar-refractivity contribution in [2.24, 2.45) is 0 Å². The molecule has 0 aliphatic carbocycles. The molecule has 1 aliphatic rings.